The standard InChI is InChI=1S/C30H32FN3O2S/c1-18-4-10-24(11-5-18)37(35,36)34-17-27(26-12-19(2)15-33-30(26)34)29-14-23(28(31)16-32-29)13-25-20(3)21-6-8-22(25)9-7-21/h4-5,10-12,14-17,20-22,25H,6-9,13H2,1-3H3/t20-,21?,22?,25+/m1/s1. The number of pyridine rings is 2. The van der Waals surface area contributed by atoms with Gasteiger partial charge < -0.3 is 0 Å². The molecule has 4 aromatic rings. The number of hydrogen-bond acceptors (Lipinski definition) is 4. The van der Waals surface area contributed by atoms with E-state index in [1.165, 1.54) is 35.9 Å². The molecular formula is C30H32FN3O2S. The maximum Gasteiger partial charge on any atom is 0.269 e. The summed E-state index contributed by atoms with van der Waals surface area (Å²) < 4.78 is 43.5. The van der Waals surface area contributed by atoms with E-state index in [-0.39, 0.29) is 10.7 Å². The first kappa shape index (κ1) is 24.3. The summed E-state index contributed by atoms with van der Waals surface area (Å²) in [6.45, 7) is 6.17. The predicted molar refractivity (Wildman–Crippen MR) is 143 cm³/mol. The highest BCUT2D eigenvalue weighted by molar-refractivity contribution is 7.90. The van der Waals surface area contributed by atoms with E-state index in [2.05, 4.69) is 16.9 Å². The molecule has 3 aliphatic rings. The van der Waals surface area contributed by atoms with E-state index >= 15 is 4.39 Å². The summed E-state index contributed by atoms with van der Waals surface area (Å²) in [6, 6.07) is 10.5. The topological polar surface area (TPSA) is 64.8 Å². The molecule has 3 aromatic heterocycles. The van der Waals surface area contributed by atoms with Crippen LogP contribution in [-0.4, -0.2) is 22.4 Å². The van der Waals surface area contributed by atoms with E-state index in [9.17, 15) is 8.42 Å². The van der Waals surface area contributed by atoms with E-state index < -0.39 is 10.0 Å². The van der Waals surface area contributed by atoms with Crippen molar-refractivity contribution in [1.82, 2.24) is 13.9 Å². The van der Waals surface area contributed by atoms with Gasteiger partial charge >= 0.3 is 0 Å². The van der Waals surface area contributed by atoms with Crippen LogP contribution in [0.1, 0.15) is 49.3 Å². The van der Waals surface area contributed by atoms with E-state index in [0.29, 0.717) is 52.0 Å². The first-order valence-electron chi connectivity index (χ1n) is 13.2. The Bertz CT molecular complexity index is 1580. The van der Waals surface area contributed by atoms with E-state index in [0.717, 1.165) is 17.0 Å². The van der Waals surface area contributed by atoms with Crippen molar-refractivity contribution in [3.05, 3.63) is 77.5 Å². The van der Waals surface area contributed by atoms with Gasteiger partial charge in [-0.05, 0) is 105 Å². The largest absolute Gasteiger partial charge is 0.269 e. The summed E-state index contributed by atoms with van der Waals surface area (Å²) in [5.74, 6) is 2.19. The minimum atomic E-state index is -3.88. The Hall–Kier alpha value is -3.06. The molecule has 3 fully saturated rings. The number of aromatic nitrogens is 3. The third-order valence-corrected chi connectivity index (χ3v) is 10.5. The molecule has 2 atom stereocenters. The molecule has 1 aromatic carbocycles. The highest BCUT2D eigenvalue weighted by atomic mass is 32.2. The molecule has 0 aliphatic heterocycles. The highest BCUT2D eigenvalue weighted by Gasteiger charge is 2.41. The summed E-state index contributed by atoms with van der Waals surface area (Å²) in [5.41, 5.74) is 4.11. The SMILES string of the molecule is Cc1ccc(S(=O)(=O)n2cc(-c3cc(C[C@@H]4C5CCC(CC5)[C@H]4C)c(F)cn3)c3cc(C)cnc32)cc1. The second-order valence-corrected chi connectivity index (χ2v) is 12.9. The summed E-state index contributed by atoms with van der Waals surface area (Å²) in [6.07, 6.45) is 10.3. The van der Waals surface area contributed by atoms with Crippen LogP contribution in [0.3, 0.4) is 0 Å². The summed E-state index contributed by atoms with van der Waals surface area (Å²) in [5, 5.41) is 0.686. The minimum absolute atomic E-state index is 0.193. The molecule has 2 bridgehead atoms. The van der Waals surface area contributed by atoms with Crippen molar-refractivity contribution in [3.63, 3.8) is 0 Å². The molecule has 7 heteroatoms. The average molecular weight is 518 g/mol. The van der Waals surface area contributed by atoms with Crippen molar-refractivity contribution in [2.24, 2.45) is 23.7 Å². The van der Waals surface area contributed by atoms with Crippen LogP contribution < -0.4 is 0 Å². The normalized spacial score (nSPS) is 23.6. The van der Waals surface area contributed by atoms with E-state index in [4.69, 9.17) is 0 Å². The minimum Gasteiger partial charge on any atom is -0.253 e. The molecule has 37 heavy (non-hydrogen) atoms. The molecular weight excluding hydrogens is 485 g/mol. The maximum absolute atomic E-state index is 15.1. The molecule has 0 spiro atoms. The fourth-order valence-corrected chi connectivity index (χ4v) is 7.99. The Labute approximate surface area is 217 Å². The monoisotopic (exact) mass is 517 g/mol. The predicted octanol–water partition coefficient (Wildman–Crippen LogP) is 6.71. The maximum atomic E-state index is 15.1. The average Bonchev–Trinajstić information content (AvgIpc) is 3.27. The molecule has 0 radical (unpaired) electrons. The number of benzene rings is 1. The van der Waals surface area contributed by atoms with E-state index in [1.54, 1.807) is 36.7 Å². The molecule has 0 unspecified atom stereocenters. The number of aryl methyl sites for hydroxylation is 2. The zero-order chi connectivity index (χ0) is 25.9. The van der Waals surface area contributed by atoms with Gasteiger partial charge in [0.15, 0.2) is 5.65 Å². The number of rotatable bonds is 5. The number of hydrogen-bond donors (Lipinski definition) is 0. The van der Waals surface area contributed by atoms with Gasteiger partial charge in [-0.15, -0.1) is 0 Å². The molecule has 3 aliphatic carbocycles. The van der Waals surface area contributed by atoms with Crippen LogP contribution in [0.15, 0.2) is 59.9 Å². The van der Waals surface area contributed by atoms with Gasteiger partial charge in [-0.25, -0.2) is 21.8 Å². The lowest BCUT2D eigenvalue weighted by Gasteiger charge is -2.47. The summed E-state index contributed by atoms with van der Waals surface area (Å²) in [4.78, 5) is 9.10. The van der Waals surface area contributed by atoms with Gasteiger partial charge in [-0.3, -0.25) is 4.98 Å². The smallest absolute Gasteiger partial charge is 0.253 e. The first-order chi connectivity index (χ1) is 17.7. The van der Waals surface area contributed by atoms with Crippen LogP contribution in [0.2, 0.25) is 0 Å². The van der Waals surface area contributed by atoms with Crippen LogP contribution in [0.5, 0.6) is 0 Å². The quantitative estimate of drug-likeness (QED) is 0.295. The van der Waals surface area contributed by atoms with Gasteiger partial charge in [-0.2, -0.15) is 0 Å². The lowest BCUT2D eigenvalue weighted by atomic mass is 9.58. The second kappa shape index (κ2) is 9.05. The van der Waals surface area contributed by atoms with Gasteiger partial charge in [0.1, 0.15) is 5.82 Å². The second-order valence-electron chi connectivity index (χ2n) is 11.1. The van der Waals surface area contributed by atoms with Crippen molar-refractivity contribution < 1.29 is 12.8 Å². The molecule has 5 nitrogen and oxygen atoms in total. The molecule has 3 saturated carbocycles. The molecule has 3 heterocycles. The Morgan fingerprint density at radius 1 is 0.946 bits per heavy atom. The lowest BCUT2D eigenvalue weighted by molar-refractivity contribution is 0.0340. The number of nitrogens with zero attached hydrogens (tertiary/aromatic N) is 3. The van der Waals surface area contributed by atoms with Gasteiger partial charge in [-0.1, -0.05) is 24.6 Å². The van der Waals surface area contributed by atoms with Gasteiger partial charge in [0.2, 0.25) is 0 Å². The molecule has 0 amide bonds. The van der Waals surface area contributed by atoms with Gasteiger partial charge in [0, 0.05) is 23.3 Å². The molecule has 0 N–H and O–H groups in total. The van der Waals surface area contributed by atoms with Gasteiger partial charge in [0.25, 0.3) is 10.0 Å². The van der Waals surface area contributed by atoms with Crippen molar-refractivity contribution in [2.75, 3.05) is 0 Å². The number of halogens is 1. The Morgan fingerprint density at radius 3 is 2.35 bits per heavy atom. The summed E-state index contributed by atoms with van der Waals surface area (Å²) >= 11 is 0. The van der Waals surface area contributed by atoms with Crippen LogP contribution in [-0.2, 0) is 16.4 Å². The Morgan fingerprint density at radius 2 is 1.65 bits per heavy atom. The van der Waals surface area contributed by atoms with Crippen molar-refractivity contribution in [2.45, 2.75) is 57.8 Å². The third kappa shape index (κ3) is 4.17. The van der Waals surface area contributed by atoms with Crippen LogP contribution >= 0.6 is 0 Å². The fraction of sp³-hybridized carbons (Fsp3) is 0.400. The first-order valence-corrected chi connectivity index (χ1v) is 14.6. The summed E-state index contributed by atoms with van der Waals surface area (Å²) in [7, 11) is -3.88. The molecule has 7 rings (SSSR count). The highest BCUT2D eigenvalue weighted by Crippen LogP contribution is 2.50. The van der Waals surface area contributed by atoms with Gasteiger partial charge in [0.05, 0.1) is 16.8 Å². The van der Waals surface area contributed by atoms with Crippen molar-refractivity contribution in [3.8, 4) is 11.3 Å². The Kier molecular flexibility index (Phi) is 5.94. The van der Waals surface area contributed by atoms with E-state index in [1.807, 2.05) is 26.0 Å². The van der Waals surface area contributed by atoms with Crippen molar-refractivity contribution in [1.29, 1.82) is 0 Å². The Balaban J connectivity index is 1.44. The lowest BCUT2D eigenvalue weighted by Crippen LogP contribution is -2.39. The zero-order valence-corrected chi connectivity index (χ0v) is 22.3. The van der Waals surface area contributed by atoms with Crippen LogP contribution in [0.25, 0.3) is 22.3 Å². The molecule has 0 saturated heterocycles. The van der Waals surface area contributed by atoms with Crippen LogP contribution in [0.4, 0.5) is 4.39 Å². The number of fused-ring (bicyclic) bond motifs is 4. The third-order valence-electron chi connectivity index (χ3n) is 8.83. The zero-order valence-electron chi connectivity index (χ0n) is 21.5. The molecule has 192 valence electrons. The fourth-order valence-electron chi connectivity index (χ4n) is 6.66. The van der Waals surface area contributed by atoms with Crippen molar-refractivity contribution >= 4 is 21.1 Å². The van der Waals surface area contributed by atoms with Crippen LogP contribution in [0, 0.1) is 43.3 Å².